The Morgan fingerprint density at radius 2 is 1.82 bits per heavy atom. The van der Waals surface area contributed by atoms with Crippen molar-refractivity contribution in [2.24, 2.45) is 11.8 Å². The second-order valence-electron chi connectivity index (χ2n) is 13.4. The number of hydrogen-bond acceptors (Lipinski definition) is 11. The Balaban J connectivity index is 1.20. The van der Waals surface area contributed by atoms with Gasteiger partial charge in [-0.25, -0.2) is 14.0 Å². The minimum absolute atomic E-state index is 0.0708. The summed E-state index contributed by atoms with van der Waals surface area (Å²) in [6.07, 6.45) is 9.74. The number of esters is 2. The fourth-order valence-corrected chi connectivity index (χ4v) is 6.81. The molecule has 1 saturated carbocycles. The number of fused-ring (bicyclic) bond motifs is 1. The Morgan fingerprint density at radius 3 is 2.46 bits per heavy atom. The van der Waals surface area contributed by atoms with Crippen LogP contribution in [0.15, 0.2) is 59.7 Å². The van der Waals surface area contributed by atoms with Gasteiger partial charge in [-0.1, -0.05) is 26.0 Å². The number of nitrogens with zero attached hydrogens (tertiary/aromatic N) is 2. The van der Waals surface area contributed by atoms with Gasteiger partial charge in [0, 0.05) is 38.4 Å². The standard InChI is InChI=1S/C36H46FN5O7S/c1-22(2)16-30(40-34(45)29(39-21-43)10-15-50-3)36(47)49-25-8-4-23(5-9-25)20-48-35(46)27-19-42(24-6-7-24)31-18-32(41-13-11-38-12-14-41)28(37)17-26(31)33(27)44/h4-5,8-9,17-19,21-22,24,26,29-31,38H,6-7,10-16,20H2,1-3H3,(H,39,43)(H,40,45). The lowest BCUT2D eigenvalue weighted by Gasteiger charge is -2.41. The molecule has 2 fully saturated rings. The number of nitrogens with one attached hydrogen (secondary N) is 3. The van der Waals surface area contributed by atoms with Gasteiger partial charge in [-0.05, 0) is 73.5 Å². The SMILES string of the molecule is CSCCC(NC=O)C(=O)NC(CC(C)C)C(=O)Oc1ccc(COC(=O)C2=CN(C3CC3)C3C=C(N4CCNCC4)C(F)=CC3C2=O)cc1. The van der Waals surface area contributed by atoms with Crippen molar-refractivity contribution in [2.45, 2.75) is 70.3 Å². The second kappa shape index (κ2) is 17.2. The number of benzene rings is 1. The van der Waals surface area contributed by atoms with Gasteiger partial charge in [-0.2, -0.15) is 11.8 Å². The predicted octanol–water partition coefficient (Wildman–Crippen LogP) is 2.61. The fourth-order valence-electron chi connectivity index (χ4n) is 6.34. The van der Waals surface area contributed by atoms with Gasteiger partial charge in [0.25, 0.3) is 0 Å². The summed E-state index contributed by atoms with van der Waals surface area (Å²) in [5.41, 5.74) is 0.987. The normalized spacial score (nSPS) is 21.6. The van der Waals surface area contributed by atoms with Crippen molar-refractivity contribution in [3.8, 4) is 5.75 Å². The molecule has 12 nitrogen and oxygen atoms in total. The highest BCUT2D eigenvalue weighted by molar-refractivity contribution is 7.98. The van der Waals surface area contributed by atoms with Gasteiger partial charge < -0.3 is 35.2 Å². The van der Waals surface area contributed by atoms with Gasteiger partial charge in [-0.3, -0.25) is 14.4 Å². The summed E-state index contributed by atoms with van der Waals surface area (Å²) in [6, 6.07) is 4.46. The molecule has 0 radical (unpaired) electrons. The molecule has 2 heterocycles. The lowest BCUT2D eigenvalue weighted by atomic mass is 9.82. The zero-order chi connectivity index (χ0) is 35.8. The van der Waals surface area contributed by atoms with Crippen molar-refractivity contribution in [1.82, 2.24) is 25.8 Å². The van der Waals surface area contributed by atoms with Crippen molar-refractivity contribution >= 4 is 41.8 Å². The second-order valence-corrected chi connectivity index (χ2v) is 14.3. The van der Waals surface area contributed by atoms with Crippen LogP contribution in [-0.4, -0.2) is 102 Å². The Kier molecular flexibility index (Phi) is 12.7. The Bertz CT molecular complexity index is 1520. The highest BCUT2D eigenvalue weighted by Gasteiger charge is 2.46. The number of halogens is 1. The van der Waals surface area contributed by atoms with Gasteiger partial charge >= 0.3 is 11.9 Å². The number of ketones is 1. The van der Waals surface area contributed by atoms with E-state index < -0.39 is 47.5 Å². The van der Waals surface area contributed by atoms with Crippen LogP contribution in [0.4, 0.5) is 4.39 Å². The van der Waals surface area contributed by atoms with Gasteiger partial charge in [0.1, 0.15) is 35.8 Å². The van der Waals surface area contributed by atoms with E-state index in [2.05, 4.69) is 16.0 Å². The highest BCUT2D eigenvalue weighted by atomic mass is 32.2. The van der Waals surface area contributed by atoms with E-state index in [9.17, 15) is 24.0 Å². The number of allylic oxidation sites excluding steroid dienone is 1. The van der Waals surface area contributed by atoms with Crippen LogP contribution in [0.2, 0.25) is 0 Å². The van der Waals surface area contributed by atoms with Crippen LogP contribution in [0.25, 0.3) is 0 Å². The van der Waals surface area contributed by atoms with E-state index in [-0.39, 0.29) is 35.9 Å². The number of carbonyl (C=O) groups is 5. The molecule has 1 aromatic carbocycles. The molecule has 5 rings (SSSR count). The maximum atomic E-state index is 15.3. The molecule has 3 N–H and O–H groups in total. The molecule has 50 heavy (non-hydrogen) atoms. The molecule has 2 aliphatic heterocycles. The van der Waals surface area contributed by atoms with Crippen LogP contribution in [0.1, 0.15) is 45.1 Å². The van der Waals surface area contributed by atoms with Gasteiger partial charge in [0.05, 0.1) is 17.7 Å². The molecule has 4 atom stereocenters. The molecule has 4 aliphatic rings. The van der Waals surface area contributed by atoms with E-state index in [4.69, 9.17) is 9.47 Å². The molecule has 0 spiro atoms. The summed E-state index contributed by atoms with van der Waals surface area (Å²) in [6.45, 7) is 6.57. The average molecular weight is 712 g/mol. The smallest absolute Gasteiger partial charge is 0.343 e. The van der Waals surface area contributed by atoms with Crippen molar-refractivity contribution in [1.29, 1.82) is 0 Å². The lowest BCUT2D eigenvalue weighted by molar-refractivity contribution is -0.142. The first kappa shape index (κ1) is 37.1. The van der Waals surface area contributed by atoms with Crippen LogP contribution in [-0.2, 0) is 35.3 Å². The van der Waals surface area contributed by atoms with Gasteiger partial charge in [-0.15, -0.1) is 0 Å². The van der Waals surface area contributed by atoms with Gasteiger partial charge in [0.2, 0.25) is 12.3 Å². The van der Waals surface area contributed by atoms with E-state index in [0.29, 0.717) is 49.4 Å². The molecule has 4 unspecified atom stereocenters. The predicted molar refractivity (Wildman–Crippen MR) is 186 cm³/mol. The number of hydrogen-bond donors (Lipinski definition) is 3. The Morgan fingerprint density at radius 1 is 1.10 bits per heavy atom. The molecule has 2 aliphatic carbocycles. The summed E-state index contributed by atoms with van der Waals surface area (Å²) in [5.74, 6) is -2.68. The first-order valence-electron chi connectivity index (χ1n) is 17.1. The third-order valence-electron chi connectivity index (χ3n) is 9.12. The molecule has 2 amide bonds. The molecule has 0 aromatic heterocycles. The summed E-state index contributed by atoms with van der Waals surface area (Å²) in [4.78, 5) is 67.8. The van der Waals surface area contributed by atoms with Crippen molar-refractivity contribution in [3.05, 3.63) is 65.3 Å². The average Bonchev–Trinajstić information content (AvgIpc) is 3.95. The molecular weight excluding hydrogens is 665 g/mol. The maximum absolute atomic E-state index is 15.3. The first-order valence-corrected chi connectivity index (χ1v) is 18.5. The van der Waals surface area contributed by atoms with Crippen molar-refractivity contribution < 1.29 is 37.8 Å². The zero-order valence-electron chi connectivity index (χ0n) is 28.7. The molecule has 270 valence electrons. The topological polar surface area (TPSA) is 146 Å². The number of amides is 2. The van der Waals surface area contributed by atoms with E-state index in [1.165, 1.54) is 6.08 Å². The molecule has 14 heteroatoms. The number of ether oxygens (including phenoxy) is 2. The van der Waals surface area contributed by atoms with Crippen LogP contribution < -0.4 is 20.7 Å². The first-order chi connectivity index (χ1) is 24.1. The maximum Gasteiger partial charge on any atom is 0.343 e. The number of rotatable bonds is 16. The quantitative estimate of drug-likeness (QED) is 0.101. The summed E-state index contributed by atoms with van der Waals surface area (Å²) < 4.78 is 26.5. The Hall–Kier alpha value is -4.17. The summed E-state index contributed by atoms with van der Waals surface area (Å²) >= 11 is 1.54. The van der Waals surface area contributed by atoms with Crippen LogP contribution in [0.3, 0.4) is 0 Å². The number of piperazine rings is 1. The highest BCUT2D eigenvalue weighted by Crippen LogP contribution is 2.40. The van der Waals surface area contributed by atoms with Crippen LogP contribution in [0, 0.1) is 11.8 Å². The monoisotopic (exact) mass is 711 g/mol. The van der Waals surface area contributed by atoms with E-state index in [1.807, 2.05) is 36.0 Å². The number of thioether (sulfide) groups is 1. The summed E-state index contributed by atoms with van der Waals surface area (Å²) in [7, 11) is 0. The summed E-state index contributed by atoms with van der Waals surface area (Å²) in [5, 5.41) is 8.50. The van der Waals surface area contributed by atoms with E-state index in [0.717, 1.165) is 25.9 Å². The Labute approximate surface area is 296 Å². The van der Waals surface area contributed by atoms with E-state index >= 15 is 4.39 Å². The van der Waals surface area contributed by atoms with E-state index in [1.54, 1.807) is 42.2 Å². The number of carbonyl (C=O) groups excluding carboxylic acids is 5. The minimum Gasteiger partial charge on any atom is -0.457 e. The van der Waals surface area contributed by atoms with Crippen LogP contribution in [0.5, 0.6) is 5.75 Å². The fraction of sp³-hybridized carbons (Fsp3) is 0.528. The largest absolute Gasteiger partial charge is 0.457 e. The third kappa shape index (κ3) is 9.33. The third-order valence-corrected chi connectivity index (χ3v) is 9.76. The van der Waals surface area contributed by atoms with Crippen molar-refractivity contribution in [2.75, 3.05) is 38.2 Å². The van der Waals surface area contributed by atoms with Gasteiger partial charge in [0.15, 0.2) is 5.78 Å². The zero-order valence-corrected chi connectivity index (χ0v) is 29.5. The van der Waals surface area contributed by atoms with Crippen molar-refractivity contribution in [3.63, 3.8) is 0 Å². The molecule has 1 saturated heterocycles. The minimum atomic E-state index is -0.930. The number of Topliss-reactive ketones (excluding diaryl/α,β-unsaturated/α-hetero) is 1. The lowest BCUT2D eigenvalue weighted by Crippen LogP contribution is -2.51. The van der Waals surface area contributed by atoms with Crippen LogP contribution >= 0.6 is 11.8 Å². The molecule has 1 aromatic rings. The molecule has 0 bridgehead atoms. The molecular formula is C36H46FN5O7S.